The van der Waals surface area contributed by atoms with Crippen molar-refractivity contribution >= 4 is 11.9 Å². The Morgan fingerprint density at radius 3 is 1.20 bits per heavy atom. The van der Waals surface area contributed by atoms with Crippen molar-refractivity contribution in [2.75, 3.05) is 13.2 Å². The van der Waals surface area contributed by atoms with Crippen LogP contribution < -0.4 is 0 Å². The summed E-state index contributed by atoms with van der Waals surface area (Å²) in [4.78, 5) is 24.3. The summed E-state index contributed by atoms with van der Waals surface area (Å²) in [5.41, 5.74) is 0. The van der Waals surface area contributed by atoms with Gasteiger partial charge in [-0.2, -0.15) is 0 Å². The first-order valence-electron chi connectivity index (χ1n) is 20.1. The van der Waals surface area contributed by atoms with Crippen molar-refractivity contribution in [3.05, 3.63) is 85.1 Å². The summed E-state index contributed by atoms with van der Waals surface area (Å²) in [7, 11) is 0. The van der Waals surface area contributed by atoms with Gasteiger partial charge < -0.3 is 14.6 Å². The van der Waals surface area contributed by atoms with Gasteiger partial charge in [0.25, 0.3) is 0 Å². The molecule has 5 nitrogen and oxygen atoms in total. The average molecular weight is 695 g/mol. The number of carbonyl (C=O) groups is 2. The first kappa shape index (κ1) is 47.1. The number of aliphatic hydroxyl groups is 1. The van der Waals surface area contributed by atoms with Crippen LogP contribution in [-0.4, -0.2) is 36.4 Å². The molecule has 0 radical (unpaired) electrons. The molecule has 0 fully saturated rings. The number of rotatable bonds is 35. The zero-order valence-electron chi connectivity index (χ0n) is 32.1. The maximum Gasteiger partial charge on any atom is 0.306 e. The Kier molecular flexibility index (Phi) is 38.1. The third-order valence-electron chi connectivity index (χ3n) is 8.16. The van der Waals surface area contributed by atoms with Crippen LogP contribution in [0.4, 0.5) is 0 Å². The molecule has 50 heavy (non-hydrogen) atoms. The van der Waals surface area contributed by atoms with Crippen LogP contribution in [-0.2, 0) is 19.1 Å². The maximum atomic E-state index is 12.2. The highest BCUT2D eigenvalue weighted by Crippen LogP contribution is 2.10. The second-order valence-electron chi connectivity index (χ2n) is 13.0. The van der Waals surface area contributed by atoms with E-state index in [0.717, 1.165) is 89.9 Å². The molecule has 0 rings (SSSR count). The number of hydrogen-bond donors (Lipinski definition) is 1. The van der Waals surface area contributed by atoms with Crippen molar-refractivity contribution in [2.45, 2.75) is 174 Å². The number of carbonyl (C=O) groups excluding carboxylic acids is 2. The van der Waals surface area contributed by atoms with E-state index in [1.165, 1.54) is 51.4 Å². The van der Waals surface area contributed by atoms with Crippen molar-refractivity contribution in [3.8, 4) is 0 Å². The first-order chi connectivity index (χ1) is 24.6. The highest BCUT2D eigenvalue weighted by atomic mass is 16.6. The number of unbranched alkanes of at least 4 members (excludes halogenated alkanes) is 13. The van der Waals surface area contributed by atoms with Crippen LogP contribution in [0, 0.1) is 0 Å². The van der Waals surface area contributed by atoms with Gasteiger partial charge in [-0.05, 0) is 96.3 Å². The third kappa shape index (κ3) is 37.9. The van der Waals surface area contributed by atoms with Gasteiger partial charge in [0.05, 0.1) is 6.61 Å². The summed E-state index contributed by atoms with van der Waals surface area (Å²) in [6, 6.07) is 0. The second-order valence-corrected chi connectivity index (χ2v) is 13.0. The topological polar surface area (TPSA) is 72.8 Å². The Morgan fingerprint density at radius 2 is 0.800 bits per heavy atom. The SMILES string of the molecule is CCCCCC=CCC=CCC=CCC=CCCCCCC(=O)OC[C@H](CO)OC(=O)CCCCCCC=CCC=CCC=CCCCCC. The molecule has 0 saturated heterocycles. The molecular weight excluding hydrogens is 620 g/mol. The van der Waals surface area contributed by atoms with Crippen molar-refractivity contribution < 1.29 is 24.2 Å². The molecule has 1 N–H and O–H groups in total. The van der Waals surface area contributed by atoms with Gasteiger partial charge in [0.15, 0.2) is 6.10 Å². The lowest BCUT2D eigenvalue weighted by atomic mass is 10.1. The van der Waals surface area contributed by atoms with Gasteiger partial charge >= 0.3 is 11.9 Å². The first-order valence-corrected chi connectivity index (χ1v) is 20.1. The molecule has 0 aliphatic carbocycles. The van der Waals surface area contributed by atoms with E-state index >= 15 is 0 Å². The van der Waals surface area contributed by atoms with Gasteiger partial charge in [-0.3, -0.25) is 9.59 Å². The summed E-state index contributed by atoms with van der Waals surface area (Å²) in [6.07, 6.45) is 54.9. The molecule has 284 valence electrons. The number of allylic oxidation sites excluding steroid dienone is 14. The number of aliphatic hydroxyl groups excluding tert-OH is 1. The minimum Gasteiger partial charge on any atom is -0.462 e. The minimum absolute atomic E-state index is 0.0967. The van der Waals surface area contributed by atoms with E-state index in [0.29, 0.717) is 12.8 Å². The normalized spacial score (nSPS) is 13.1. The van der Waals surface area contributed by atoms with Crippen LogP contribution in [0.5, 0.6) is 0 Å². The van der Waals surface area contributed by atoms with Gasteiger partial charge in [0.2, 0.25) is 0 Å². The lowest BCUT2D eigenvalue weighted by molar-refractivity contribution is -0.161. The molecule has 0 unspecified atom stereocenters. The van der Waals surface area contributed by atoms with Gasteiger partial charge in [-0.25, -0.2) is 0 Å². The molecular formula is C45H74O5. The Bertz CT molecular complexity index is 968. The fourth-order valence-electron chi connectivity index (χ4n) is 5.07. The van der Waals surface area contributed by atoms with Crippen LogP contribution >= 0.6 is 0 Å². The molecule has 0 aromatic heterocycles. The van der Waals surface area contributed by atoms with E-state index < -0.39 is 6.10 Å². The quantitative estimate of drug-likeness (QED) is 0.0406. The molecule has 5 heteroatoms. The monoisotopic (exact) mass is 695 g/mol. The summed E-state index contributed by atoms with van der Waals surface area (Å²) in [5, 5.41) is 9.56. The van der Waals surface area contributed by atoms with E-state index in [2.05, 4.69) is 98.9 Å². The maximum absolute atomic E-state index is 12.2. The predicted octanol–water partition coefficient (Wildman–Crippen LogP) is 12.7. The Hall–Kier alpha value is -2.92. The molecule has 0 aliphatic heterocycles. The molecule has 0 aromatic rings. The predicted molar refractivity (Wildman–Crippen MR) is 214 cm³/mol. The highest BCUT2D eigenvalue weighted by molar-refractivity contribution is 5.70. The van der Waals surface area contributed by atoms with Crippen LogP contribution in [0.25, 0.3) is 0 Å². The molecule has 0 aromatic carbocycles. The van der Waals surface area contributed by atoms with Gasteiger partial charge in [-0.15, -0.1) is 0 Å². The zero-order valence-corrected chi connectivity index (χ0v) is 32.1. The molecule has 0 bridgehead atoms. The van der Waals surface area contributed by atoms with Crippen molar-refractivity contribution in [2.24, 2.45) is 0 Å². The minimum atomic E-state index is -0.801. The van der Waals surface area contributed by atoms with E-state index in [1.54, 1.807) is 0 Å². The van der Waals surface area contributed by atoms with Gasteiger partial charge in [-0.1, -0.05) is 144 Å². The highest BCUT2D eigenvalue weighted by Gasteiger charge is 2.16. The van der Waals surface area contributed by atoms with Crippen LogP contribution in [0.3, 0.4) is 0 Å². The largest absolute Gasteiger partial charge is 0.462 e. The number of hydrogen-bond acceptors (Lipinski definition) is 5. The molecule has 0 aliphatic rings. The molecule has 0 amide bonds. The second kappa shape index (κ2) is 40.5. The average Bonchev–Trinajstić information content (AvgIpc) is 3.12. The smallest absolute Gasteiger partial charge is 0.306 e. The Labute approximate surface area is 307 Å². The van der Waals surface area contributed by atoms with Crippen LogP contribution in [0.1, 0.15) is 168 Å². The van der Waals surface area contributed by atoms with E-state index in [-0.39, 0.29) is 25.2 Å². The molecule has 0 heterocycles. The van der Waals surface area contributed by atoms with E-state index in [1.807, 2.05) is 0 Å². The summed E-state index contributed by atoms with van der Waals surface area (Å²) >= 11 is 0. The molecule has 0 spiro atoms. The third-order valence-corrected chi connectivity index (χ3v) is 8.16. The van der Waals surface area contributed by atoms with Crippen LogP contribution in [0.15, 0.2) is 85.1 Å². The number of ether oxygens (including phenoxy) is 2. The van der Waals surface area contributed by atoms with E-state index in [9.17, 15) is 14.7 Å². The van der Waals surface area contributed by atoms with Crippen LogP contribution in [0.2, 0.25) is 0 Å². The van der Waals surface area contributed by atoms with E-state index in [4.69, 9.17) is 9.47 Å². The van der Waals surface area contributed by atoms with Crippen molar-refractivity contribution in [3.63, 3.8) is 0 Å². The van der Waals surface area contributed by atoms with Gasteiger partial charge in [0.1, 0.15) is 6.61 Å². The fourth-order valence-corrected chi connectivity index (χ4v) is 5.07. The summed E-state index contributed by atoms with van der Waals surface area (Å²) < 4.78 is 10.6. The molecule has 0 saturated carbocycles. The van der Waals surface area contributed by atoms with Crippen molar-refractivity contribution in [1.82, 2.24) is 0 Å². The molecule has 1 atom stereocenters. The lowest BCUT2D eigenvalue weighted by Gasteiger charge is -2.15. The standard InChI is InChI=1S/C45H74O5/c1-3-5-7-9-11-13-15-17-19-21-22-24-25-27-29-31-33-35-37-39-44(47)49-42-43(41-46)50-45(48)40-38-36-34-32-30-28-26-23-20-18-16-14-12-10-8-6-4-2/h11-14,17-20,22,24,26-29,43,46H,3-10,15-16,21,23,25,30-42H2,1-2H3/t43-/m0/s1. The summed E-state index contributed by atoms with van der Waals surface area (Å²) in [6.45, 7) is 4.02. The number of esters is 2. The van der Waals surface area contributed by atoms with Gasteiger partial charge in [0, 0.05) is 12.8 Å². The summed E-state index contributed by atoms with van der Waals surface area (Å²) in [5.74, 6) is -0.660. The van der Waals surface area contributed by atoms with Crippen molar-refractivity contribution in [1.29, 1.82) is 0 Å². The fraction of sp³-hybridized carbons (Fsp3) is 0.644. The lowest BCUT2D eigenvalue weighted by Crippen LogP contribution is -2.28. The zero-order chi connectivity index (χ0) is 36.4. The Morgan fingerprint density at radius 1 is 0.460 bits per heavy atom. The Balaban J connectivity index is 3.70.